The van der Waals surface area contributed by atoms with Crippen LogP contribution in [-0.4, -0.2) is 6.54 Å². The van der Waals surface area contributed by atoms with Crippen molar-refractivity contribution in [1.82, 2.24) is 0 Å². The first kappa shape index (κ1) is 13.2. The molecule has 2 nitrogen and oxygen atoms in total. The molecule has 16 heavy (non-hydrogen) atoms. The lowest BCUT2D eigenvalue weighted by molar-refractivity contribution is 0.482. The molecule has 0 saturated carbocycles. The zero-order valence-corrected chi connectivity index (χ0v) is 10.4. The average molecular weight is 220 g/mol. The topological polar surface area (TPSA) is 52.0 Å². The van der Waals surface area contributed by atoms with E-state index in [1.165, 1.54) is 17.5 Å². The first-order chi connectivity index (χ1) is 7.67. The minimum Gasteiger partial charge on any atom is -0.330 e. The summed E-state index contributed by atoms with van der Waals surface area (Å²) in [6.45, 7) is 5.05. The van der Waals surface area contributed by atoms with Crippen molar-refractivity contribution >= 4 is 0 Å². The van der Waals surface area contributed by atoms with Crippen molar-refractivity contribution in [1.29, 1.82) is 0 Å². The van der Waals surface area contributed by atoms with Crippen LogP contribution in [0.2, 0.25) is 0 Å². The van der Waals surface area contributed by atoms with Crippen molar-refractivity contribution in [2.24, 2.45) is 17.4 Å². The molecule has 0 fully saturated rings. The number of aryl methyl sites for hydroxylation is 1. The van der Waals surface area contributed by atoms with Gasteiger partial charge in [0.15, 0.2) is 0 Å². The van der Waals surface area contributed by atoms with Crippen LogP contribution >= 0.6 is 0 Å². The van der Waals surface area contributed by atoms with E-state index >= 15 is 0 Å². The maximum Gasteiger partial charge on any atom is 0.0297 e. The smallest absolute Gasteiger partial charge is 0.0297 e. The van der Waals surface area contributed by atoms with Crippen LogP contribution in [0.1, 0.15) is 43.9 Å². The maximum absolute atomic E-state index is 6.14. The molecule has 0 amide bonds. The standard InChI is InChI=1S/C14H24N2/c1-3-4-12-5-7-13(8-6-12)14(16)9-11(2)10-15/h5-8,11,14H,3-4,9-10,15-16H2,1-2H3. The Labute approximate surface area is 99.0 Å². The molecule has 90 valence electrons. The summed E-state index contributed by atoms with van der Waals surface area (Å²) in [4.78, 5) is 0. The highest BCUT2D eigenvalue weighted by atomic mass is 14.6. The van der Waals surface area contributed by atoms with Gasteiger partial charge in [0.1, 0.15) is 0 Å². The highest BCUT2D eigenvalue weighted by molar-refractivity contribution is 5.24. The van der Waals surface area contributed by atoms with Crippen molar-refractivity contribution in [3.63, 3.8) is 0 Å². The molecule has 2 atom stereocenters. The van der Waals surface area contributed by atoms with Gasteiger partial charge in [0.05, 0.1) is 0 Å². The summed E-state index contributed by atoms with van der Waals surface area (Å²) in [5, 5.41) is 0. The maximum atomic E-state index is 6.14. The Kier molecular flexibility index (Phi) is 5.50. The van der Waals surface area contributed by atoms with Gasteiger partial charge in [0.25, 0.3) is 0 Å². The van der Waals surface area contributed by atoms with Gasteiger partial charge in [-0.2, -0.15) is 0 Å². The van der Waals surface area contributed by atoms with Crippen LogP contribution < -0.4 is 11.5 Å². The summed E-state index contributed by atoms with van der Waals surface area (Å²) in [7, 11) is 0. The van der Waals surface area contributed by atoms with Gasteiger partial charge in [-0.05, 0) is 36.4 Å². The third kappa shape index (κ3) is 3.95. The minimum atomic E-state index is 0.120. The number of hydrogen-bond donors (Lipinski definition) is 2. The molecule has 1 aromatic rings. The van der Waals surface area contributed by atoms with Gasteiger partial charge < -0.3 is 11.5 Å². The van der Waals surface area contributed by atoms with Gasteiger partial charge >= 0.3 is 0 Å². The Morgan fingerprint density at radius 2 is 1.81 bits per heavy atom. The van der Waals surface area contributed by atoms with E-state index in [4.69, 9.17) is 11.5 Å². The zero-order valence-electron chi connectivity index (χ0n) is 10.4. The molecular formula is C14H24N2. The second kappa shape index (κ2) is 6.66. The Bertz CT molecular complexity index is 292. The number of benzene rings is 1. The summed E-state index contributed by atoms with van der Waals surface area (Å²) < 4.78 is 0. The normalized spacial score (nSPS) is 14.8. The highest BCUT2D eigenvalue weighted by Gasteiger charge is 2.09. The van der Waals surface area contributed by atoms with Gasteiger partial charge in [-0.1, -0.05) is 44.5 Å². The van der Waals surface area contributed by atoms with E-state index in [2.05, 4.69) is 38.1 Å². The first-order valence-electron chi connectivity index (χ1n) is 6.21. The first-order valence-corrected chi connectivity index (χ1v) is 6.21. The van der Waals surface area contributed by atoms with Gasteiger partial charge in [-0.25, -0.2) is 0 Å². The van der Waals surface area contributed by atoms with E-state index in [0.29, 0.717) is 12.5 Å². The molecule has 0 aliphatic rings. The molecule has 0 heterocycles. The molecule has 0 bridgehead atoms. The zero-order chi connectivity index (χ0) is 12.0. The van der Waals surface area contributed by atoms with E-state index in [1.54, 1.807) is 0 Å². The molecule has 0 aliphatic heterocycles. The third-order valence-corrected chi connectivity index (χ3v) is 3.01. The average Bonchev–Trinajstić information content (AvgIpc) is 2.30. The van der Waals surface area contributed by atoms with Crippen LogP contribution in [0.3, 0.4) is 0 Å². The van der Waals surface area contributed by atoms with Crippen LogP contribution in [0.5, 0.6) is 0 Å². The Balaban J connectivity index is 2.59. The molecule has 0 aromatic heterocycles. The van der Waals surface area contributed by atoms with E-state index in [9.17, 15) is 0 Å². The number of nitrogens with two attached hydrogens (primary N) is 2. The van der Waals surface area contributed by atoms with Crippen molar-refractivity contribution in [3.8, 4) is 0 Å². The fourth-order valence-electron chi connectivity index (χ4n) is 1.89. The van der Waals surface area contributed by atoms with E-state index in [0.717, 1.165) is 12.8 Å². The van der Waals surface area contributed by atoms with Crippen LogP contribution in [0.25, 0.3) is 0 Å². The molecule has 0 aliphatic carbocycles. The second-order valence-electron chi connectivity index (χ2n) is 4.67. The fraction of sp³-hybridized carbons (Fsp3) is 0.571. The van der Waals surface area contributed by atoms with Crippen molar-refractivity contribution in [2.45, 2.75) is 39.2 Å². The lowest BCUT2D eigenvalue weighted by Crippen LogP contribution is -2.19. The lowest BCUT2D eigenvalue weighted by atomic mass is 9.95. The largest absolute Gasteiger partial charge is 0.330 e. The molecule has 0 spiro atoms. The Morgan fingerprint density at radius 1 is 1.19 bits per heavy atom. The summed E-state index contributed by atoms with van der Waals surface area (Å²) in [6, 6.07) is 8.80. The lowest BCUT2D eigenvalue weighted by Gasteiger charge is -2.16. The van der Waals surface area contributed by atoms with Crippen LogP contribution in [0, 0.1) is 5.92 Å². The quantitative estimate of drug-likeness (QED) is 0.774. The molecule has 0 radical (unpaired) electrons. The molecule has 1 rings (SSSR count). The summed E-state index contributed by atoms with van der Waals surface area (Å²) in [6.07, 6.45) is 3.30. The summed E-state index contributed by atoms with van der Waals surface area (Å²) in [5.74, 6) is 0.491. The van der Waals surface area contributed by atoms with E-state index in [-0.39, 0.29) is 6.04 Å². The Morgan fingerprint density at radius 3 is 2.31 bits per heavy atom. The van der Waals surface area contributed by atoms with Gasteiger partial charge in [0.2, 0.25) is 0 Å². The summed E-state index contributed by atoms with van der Waals surface area (Å²) in [5.41, 5.74) is 14.4. The minimum absolute atomic E-state index is 0.120. The van der Waals surface area contributed by atoms with Crippen LogP contribution in [-0.2, 0) is 6.42 Å². The van der Waals surface area contributed by atoms with E-state index < -0.39 is 0 Å². The molecule has 2 heteroatoms. The molecule has 0 saturated heterocycles. The molecule has 4 N–H and O–H groups in total. The van der Waals surface area contributed by atoms with Crippen molar-refractivity contribution < 1.29 is 0 Å². The number of rotatable bonds is 6. The van der Waals surface area contributed by atoms with Gasteiger partial charge in [-0.3, -0.25) is 0 Å². The fourth-order valence-corrected chi connectivity index (χ4v) is 1.89. The second-order valence-corrected chi connectivity index (χ2v) is 4.67. The highest BCUT2D eigenvalue weighted by Crippen LogP contribution is 2.19. The molecule has 2 unspecified atom stereocenters. The predicted molar refractivity (Wildman–Crippen MR) is 70.2 cm³/mol. The van der Waals surface area contributed by atoms with Gasteiger partial charge in [0, 0.05) is 6.04 Å². The predicted octanol–water partition coefficient (Wildman–Crippen LogP) is 2.62. The number of hydrogen-bond acceptors (Lipinski definition) is 2. The molecular weight excluding hydrogens is 196 g/mol. The van der Waals surface area contributed by atoms with Crippen molar-refractivity contribution in [3.05, 3.63) is 35.4 Å². The van der Waals surface area contributed by atoms with Crippen LogP contribution in [0.15, 0.2) is 24.3 Å². The molecule has 1 aromatic carbocycles. The van der Waals surface area contributed by atoms with Crippen LogP contribution in [0.4, 0.5) is 0 Å². The SMILES string of the molecule is CCCc1ccc(C(N)CC(C)CN)cc1. The van der Waals surface area contributed by atoms with Crippen molar-refractivity contribution in [2.75, 3.05) is 6.54 Å². The van der Waals surface area contributed by atoms with Gasteiger partial charge in [-0.15, -0.1) is 0 Å². The summed E-state index contributed by atoms with van der Waals surface area (Å²) >= 11 is 0. The Hall–Kier alpha value is -0.860. The monoisotopic (exact) mass is 220 g/mol. The third-order valence-electron chi connectivity index (χ3n) is 3.01. The van der Waals surface area contributed by atoms with E-state index in [1.807, 2.05) is 0 Å².